The molecule has 82 heavy (non-hydrogen) atoms. The number of hydrogen-bond donors (Lipinski definition) is 0. The highest BCUT2D eigenvalue weighted by molar-refractivity contribution is 5.71. The van der Waals surface area contributed by atoms with E-state index in [9.17, 15) is 14.4 Å². The summed E-state index contributed by atoms with van der Waals surface area (Å²) >= 11 is 0. The number of unbranched alkanes of at least 4 members (excludes halogenated alkanes) is 34. The zero-order valence-corrected chi connectivity index (χ0v) is 54.0. The SMILES string of the molecule is CC/C=C\C/C=C\C/C=C\C/C=C\C/C=C\C/C=C\C/C=C\CCCC(=O)OCC(COC(=O)CCCCCCCCC/C=C\C/C=C\CCCCCC)OC(=O)CCCCCCCCCCCCCCCCCCCCCCCCC. The molecule has 470 valence electrons. The van der Waals surface area contributed by atoms with Crippen LogP contribution in [0, 0.1) is 0 Å². The third-order valence-electron chi connectivity index (χ3n) is 15.0. The van der Waals surface area contributed by atoms with E-state index < -0.39 is 6.10 Å². The Labute approximate surface area is 508 Å². The van der Waals surface area contributed by atoms with Gasteiger partial charge in [-0.05, 0) is 103 Å². The van der Waals surface area contributed by atoms with E-state index in [0.717, 1.165) is 103 Å². The van der Waals surface area contributed by atoms with Crippen LogP contribution in [0.4, 0.5) is 0 Å². The number of esters is 3. The fourth-order valence-corrected chi connectivity index (χ4v) is 9.82. The molecule has 0 aromatic rings. The Morgan fingerprint density at radius 1 is 0.256 bits per heavy atom. The van der Waals surface area contributed by atoms with Crippen molar-refractivity contribution in [3.63, 3.8) is 0 Å². The van der Waals surface area contributed by atoms with Gasteiger partial charge in [-0.3, -0.25) is 14.4 Å². The molecule has 0 aliphatic carbocycles. The molecule has 6 heteroatoms. The maximum atomic E-state index is 13.0. The Hall–Kier alpha value is -3.93. The van der Waals surface area contributed by atoms with Gasteiger partial charge in [0.05, 0.1) is 0 Å². The lowest BCUT2D eigenvalue weighted by molar-refractivity contribution is -0.167. The van der Waals surface area contributed by atoms with Crippen LogP contribution in [0.5, 0.6) is 0 Å². The highest BCUT2D eigenvalue weighted by Crippen LogP contribution is 2.17. The summed E-state index contributed by atoms with van der Waals surface area (Å²) in [4.78, 5) is 38.4. The average Bonchev–Trinajstić information content (AvgIpc) is 3.47. The molecule has 0 aliphatic rings. The van der Waals surface area contributed by atoms with Gasteiger partial charge in [0.15, 0.2) is 6.10 Å². The van der Waals surface area contributed by atoms with Crippen molar-refractivity contribution >= 4 is 17.9 Å². The van der Waals surface area contributed by atoms with Gasteiger partial charge in [0.2, 0.25) is 0 Å². The molecule has 0 aromatic carbocycles. The minimum Gasteiger partial charge on any atom is -0.462 e. The highest BCUT2D eigenvalue weighted by Gasteiger charge is 2.19. The van der Waals surface area contributed by atoms with E-state index in [-0.39, 0.29) is 37.5 Å². The molecule has 0 saturated heterocycles. The van der Waals surface area contributed by atoms with Crippen LogP contribution in [0.15, 0.2) is 109 Å². The normalized spacial score (nSPS) is 12.8. The van der Waals surface area contributed by atoms with Crippen molar-refractivity contribution < 1.29 is 28.6 Å². The lowest BCUT2D eigenvalue weighted by atomic mass is 10.0. The van der Waals surface area contributed by atoms with E-state index in [1.807, 2.05) is 0 Å². The summed E-state index contributed by atoms with van der Waals surface area (Å²) < 4.78 is 16.9. The monoisotopic (exact) mass is 1140 g/mol. The van der Waals surface area contributed by atoms with E-state index in [0.29, 0.717) is 19.3 Å². The quantitative estimate of drug-likeness (QED) is 0.0261. The van der Waals surface area contributed by atoms with Crippen molar-refractivity contribution in [1.82, 2.24) is 0 Å². The molecule has 1 atom stereocenters. The van der Waals surface area contributed by atoms with Crippen molar-refractivity contribution in [3.05, 3.63) is 109 Å². The molecule has 0 aliphatic heterocycles. The molecule has 0 radical (unpaired) electrons. The number of carbonyl (C=O) groups excluding carboxylic acids is 3. The van der Waals surface area contributed by atoms with Crippen LogP contribution in [0.2, 0.25) is 0 Å². The fourth-order valence-electron chi connectivity index (χ4n) is 9.82. The molecule has 0 amide bonds. The van der Waals surface area contributed by atoms with Crippen molar-refractivity contribution in [1.29, 1.82) is 0 Å². The minimum atomic E-state index is -0.808. The second kappa shape index (κ2) is 69.6. The summed E-state index contributed by atoms with van der Waals surface area (Å²) in [7, 11) is 0. The molecule has 0 saturated carbocycles. The number of hydrogen-bond acceptors (Lipinski definition) is 6. The number of rotatable bonds is 63. The Kier molecular flexibility index (Phi) is 66.2. The molecule has 0 rings (SSSR count). The first-order valence-corrected chi connectivity index (χ1v) is 34.9. The van der Waals surface area contributed by atoms with Crippen molar-refractivity contribution in [2.24, 2.45) is 0 Å². The van der Waals surface area contributed by atoms with Gasteiger partial charge < -0.3 is 14.2 Å². The van der Waals surface area contributed by atoms with Gasteiger partial charge in [0, 0.05) is 19.3 Å². The maximum absolute atomic E-state index is 13.0. The Bertz CT molecular complexity index is 1640. The zero-order valence-electron chi connectivity index (χ0n) is 54.0. The lowest BCUT2D eigenvalue weighted by Crippen LogP contribution is -2.30. The fraction of sp³-hybridized carbons (Fsp3) is 0.724. The summed E-state index contributed by atoms with van der Waals surface area (Å²) in [6.45, 7) is 6.50. The molecular weight excluding hydrogens is 1010 g/mol. The number of allylic oxidation sites excluding steroid dienone is 18. The Morgan fingerprint density at radius 3 is 0.805 bits per heavy atom. The van der Waals surface area contributed by atoms with Crippen LogP contribution in [-0.4, -0.2) is 37.2 Å². The van der Waals surface area contributed by atoms with Gasteiger partial charge >= 0.3 is 17.9 Å². The second-order valence-electron chi connectivity index (χ2n) is 23.1. The number of carbonyl (C=O) groups is 3. The first kappa shape index (κ1) is 78.1. The van der Waals surface area contributed by atoms with Crippen molar-refractivity contribution in [2.75, 3.05) is 13.2 Å². The van der Waals surface area contributed by atoms with E-state index >= 15 is 0 Å². The van der Waals surface area contributed by atoms with Crippen LogP contribution < -0.4 is 0 Å². The highest BCUT2D eigenvalue weighted by atomic mass is 16.6. The second-order valence-corrected chi connectivity index (χ2v) is 23.1. The summed E-state index contributed by atoms with van der Waals surface area (Å²) in [6, 6.07) is 0. The van der Waals surface area contributed by atoms with Crippen LogP contribution in [0.3, 0.4) is 0 Å². The zero-order chi connectivity index (χ0) is 59.2. The summed E-state index contributed by atoms with van der Waals surface area (Å²) in [6.07, 6.45) is 95.4. The lowest BCUT2D eigenvalue weighted by Gasteiger charge is -2.18. The third kappa shape index (κ3) is 66.9. The van der Waals surface area contributed by atoms with Gasteiger partial charge in [-0.2, -0.15) is 0 Å². The summed E-state index contributed by atoms with van der Waals surface area (Å²) in [5.41, 5.74) is 0. The van der Waals surface area contributed by atoms with E-state index in [2.05, 4.69) is 130 Å². The van der Waals surface area contributed by atoms with E-state index in [1.54, 1.807) is 0 Å². The van der Waals surface area contributed by atoms with Gasteiger partial charge in [-0.25, -0.2) is 0 Å². The number of ether oxygens (including phenoxy) is 3. The standard InChI is InChI=1S/C76H130O6/c1-4-7-10-13-16-19-22-25-28-31-34-36-38-40-42-45-48-51-54-57-60-63-66-69-75(78)81-72-73(71-80-74(77)68-65-62-59-56-53-50-47-44-33-30-27-24-21-18-15-12-9-6-3)82-76(79)70-67-64-61-58-55-52-49-46-43-41-39-37-35-32-29-26-23-20-17-14-11-8-5-2/h7,10,16,19,21,24-25,28,30,33-34,36,40,42,48,51,57,60,73H,4-6,8-9,11-15,17-18,20,22-23,26-27,29,31-32,35,37-39,41,43-47,49-50,52-56,58-59,61-72H2,1-3H3/b10-7-,19-16-,24-21-,28-25-,33-30-,36-34-,42-40-,51-48-,60-57-. The van der Waals surface area contributed by atoms with E-state index in [1.165, 1.54) is 186 Å². The molecular formula is C76H130O6. The van der Waals surface area contributed by atoms with Crippen LogP contribution in [-0.2, 0) is 28.6 Å². The van der Waals surface area contributed by atoms with Gasteiger partial charge in [0.1, 0.15) is 13.2 Å². The van der Waals surface area contributed by atoms with Crippen LogP contribution in [0.25, 0.3) is 0 Å². The van der Waals surface area contributed by atoms with E-state index in [4.69, 9.17) is 14.2 Å². The van der Waals surface area contributed by atoms with Crippen LogP contribution >= 0.6 is 0 Å². The first-order valence-electron chi connectivity index (χ1n) is 34.9. The van der Waals surface area contributed by atoms with Gasteiger partial charge in [0.25, 0.3) is 0 Å². The average molecular weight is 1140 g/mol. The van der Waals surface area contributed by atoms with Gasteiger partial charge in [-0.1, -0.05) is 323 Å². The maximum Gasteiger partial charge on any atom is 0.306 e. The predicted octanol–water partition coefficient (Wildman–Crippen LogP) is 24.2. The van der Waals surface area contributed by atoms with Gasteiger partial charge in [-0.15, -0.1) is 0 Å². The topological polar surface area (TPSA) is 78.9 Å². The van der Waals surface area contributed by atoms with Crippen molar-refractivity contribution in [3.8, 4) is 0 Å². The molecule has 0 fully saturated rings. The first-order chi connectivity index (χ1) is 40.5. The smallest absolute Gasteiger partial charge is 0.306 e. The molecule has 0 spiro atoms. The molecule has 0 bridgehead atoms. The third-order valence-corrected chi connectivity index (χ3v) is 15.0. The molecule has 6 nitrogen and oxygen atoms in total. The summed E-state index contributed by atoms with van der Waals surface area (Å²) in [5, 5.41) is 0. The minimum absolute atomic E-state index is 0.0988. The summed E-state index contributed by atoms with van der Waals surface area (Å²) in [5.74, 6) is -0.953. The Balaban J connectivity index is 4.46. The predicted molar refractivity (Wildman–Crippen MR) is 357 cm³/mol. The molecule has 0 heterocycles. The van der Waals surface area contributed by atoms with Crippen LogP contribution in [0.1, 0.15) is 335 Å². The molecule has 0 aromatic heterocycles. The largest absolute Gasteiger partial charge is 0.462 e. The van der Waals surface area contributed by atoms with Crippen molar-refractivity contribution in [2.45, 2.75) is 341 Å². The Morgan fingerprint density at radius 2 is 0.488 bits per heavy atom. The molecule has 1 unspecified atom stereocenters. The molecule has 0 N–H and O–H groups in total.